The highest BCUT2D eigenvalue weighted by atomic mass is 35.5. The van der Waals surface area contributed by atoms with Gasteiger partial charge in [-0.3, -0.25) is 4.79 Å². The van der Waals surface area contributed by atoms with Crippen LogP contribution >= 0.6 is 11.6 Å². The average molecular weight is 259 g/mol. The molecule has 0 spiro atoms. The number of halogens is 1. The lowest BCUT2D eigenvalue weighted by Gasteiger charge is -2.21. The maximum atomic E-state index is 11.0. The van der Waals surface area contributed by atoms with Gasteiger partial charge in [0.1, 0.15) is 11.8 Å². The third-order valence-corrected chi connectivity index (χ3v) is 2.72. The van der Waals surface area contributed by atoms with Crippen LogP contribution in [0.1, 0.15) is 11.6 Å². The van der Waals surface area contributed by atoms with Crippen LogP contribution in [0, 0.1) is 0 Å². The van der Waals surface area contributed by atoms with E-state index in [1.165, 1.54) is 14.2 Å². The minimum absolute atomic E-state index is 0.483. The molecule has 1 aromatic carbocycles. The van der Waals surface area contributed by atoms with Crippen molar-refractivity contribution in [1.82, 2.24) is 5.32 Å². The number of likely N-dealkylation sites (N-methyl/N-ethyl adjacent to an activating group) is 1. The molecule has 0 aliphatic carbocycles. The van der Waals surface area contributed by atoms with E-state index in [0.717, 1.165) is 0 Å². The standard InChI is InChI=1S/C11H15ClN2O3/c1-14-10(11(15)16)9(13)7-5-6(12)3-4-8(7)17-2/h3-5,9-10,14H,13H2,1-2H3,(H,15,16). The Balaban J connectivity index is 3.13. The van der Waals surface area contributed by atoms with E-state index < -0.39 is 18.1 Å². The maximum absolute atomic E-state index is 11.0. The van der Waals surface area contributed by atoms with Crippen molar-refractivity contribution < 1.29 is 14.6 Å². The van der Waals surface area contributed by atoms with Crippen molar-refractivity contribution in [1.29, 1.82) is 0 Å². The number of carboxylic acid groups (broad SMARTS) is 1. The molecule has 0 aliphatic heterocycles. The van der Waals surface area contributed by atoms with Crippen molar-refractivity contribution in [2.24, 2.45) is 5.73 Å². The molecule has 0 saturated heterocycles. The topological polar surface area (TPSA) is 84.6 Å². The molecule has 94 valence electrons. The van der Waals surface area contributed by atoms with E-state index in [9.17, 15) is 4.79 Å². The summed E-state index contributed by atoms with van der Waals surface area (Å²) in [6, 6.07) is 3.28. The average Bonchev–Trinajstić information content (AvgIpc) is 2.29. The fraction of sp³-hybridized carbons (Fsp3) is 0.364. The zero-order chi connectivity index (χ0) is 13.0. The van der Waals surface area contributed by atoms with Crippen LogP contribution in [0.25, 0.3) is 0 Å². The SMILES string of the molecule is CNC(C(=O)O)C(N)c1cc(Cl)ccc1OC. The lowest BCUT2D eigenvalue weighted by atomic mass is 9.99. The molecule has 2 atom stereocenters. The second-order valence-corrected chi connectivity index (χ2v) is 3.95. The zero-order valence-electron chi connectivity index (χ0n) is 9.61. The zero-order valence-corrected chi connectivity index (χ0v) is 10.4. The van der Waals surface area contributed by atoms with E-state index in [1.54, 1.807) is 18.2 Å². The fourth-order valence-electron chi connectivity index (χ4n) is 1.60. The number of hydrogen-bond donors (Lipinski definition) is 3. The van der Waals surface area contributed by atoms with Gasteiger partial charge in [0, 0.05) is 10.6 Å². The first-order chi connectivity index (χ1) is 8.01. The summed E-state index contributed by atoms with van der Waals surface area (Å²) >= 11 is 5.87. The van der Waals surface area contributed by atoms with Crippen LogP contribution in [-0.4, -0.2) is 31.3 Å². The largest absolute Gasteiger partial charge is 0.496 e. The van der Waals surface area contributed by atoms with Crippen LogP contribution < -0.4 is 15.8 Å². The van der Waals surface area contributed by atoms with Crippen molar-refractivity contribution in [2.75, 3.05) is 14.2 Å². The molecule has 17 heavy (non-hydrogen) atoms. The Kier molecular flexibility index (Phi) is 4.74. The number of carboxylic acids is 1. The van der Waals surface area contributed by atoms with Crippen molar-refractivity contribution in [3.63, 3.8) is 0 Å². The Labute approximate surface area is 105 Å². The molecule has 0 fully saturated rings. The van der Waals surface area contributed by atoms with Crippen molar-refractivity contribution in [2.45, 2.75) is 12.1 Å². The molecule has 4 N–H and O–H groups in total. The first-order valence-corrected chi connectivity index (χ1v) is 5.38. The Morgan fingerprint density at radius 1 is 1.59 bits per heavy atom. The summed E-state index contributed by atoms with van der Waals surface area (Å²) in [4.78, 5) is 11.0. The third-order valence-electron chi connectivity index (χ3n) is 2.49. The van der Waals surface area contributed by atoms with Gasteiger partial charge in [-0.15, -0.1) is 0 Å². The van der Waals surface area contributed by atoms with Crippen LogP contribution in [0.4, 0.5) is 0 Å². The quantitative estimate of drug-likeness (QED) is 0.734. The molecule has 0 radical (unpaired) electrons. The van der Waals surface area contributed by atoms with Gasteiger partial charge in [0.05, 0.1) is 13.2 Å². The van der Waals surface area contributed by atoms with E-state index in [0.29, 0.717) is 16.3 Å². The Bertz CT molecular complexity index is 412. The number of nitrogens with one attached hydrogen (secondary N) is 1. The number of rotatable bonds is 5. The van der Waals surface area contributed by atoms with Gasteiger partial charge < -0.3 is 20.9 Å². The van der Waals surface area contributed by atoms with E-state index in [4.69, 9.17) is 27.2 Å². The van der Waals surface area contributed by atoms with Gasteiger partial charge in [0.15, 0.2) is 0 Å². The highest BCUT2D eigenvalue weighted by molar-refractivity contribution is 6.30. The van der Waals surface area contributed by atoms with Gasteiger partial charge in [-0.2, -0.15) is 0 Å². The first-order valence-electron chi connectivity index (χ1n) is 5.00. The summed E-state index contributed by atoms with van der Waals surface area (Å²) < 4.78 is 5.14. The molecule has 1 aromatic rings. The van der Waals surface area contributed by atoms with Gasteiger partial charge in [-0.25, -0.2) is 0 Å². The second-order valence-electron chi connectivity index (χ2n) is 3.52. The molecule has 0 bridgehead atoms. The number of benzene rings is 1. The molecule has 5 nitrogen and oxygen atoms in total. The molecule has 1 rings (SSSR count). The molecule has 0 aromatic heterocycles. The number of methoxy groups -OCH3 is 1. The monoisotopic (exact) mass is 258 g/mol. The van der Waals surface area contributed by atoms with Crippen LogP contribution in [0.3, 0.4) is 0 Å². The Morgan fingerprint density at radius 2 is 2.24 bits per heavy atom. The maximum Gasteiger partial charge on any atom is 0.322 e. The third kappa shape index (κ3) is 3.09. The number of ether oxygens (including phenoxy) is 1. The Hall–Kier alpha value is -1.30. The molecular weight excluding hydrogens is 244 g/mol. The van der Waals surface area contributed by atoms with Crippen LogP contribution in [-0.2, 0) is 4.79 Å². The smallest absolute Gasteiger partial charge is 0.322 e. The van der Waals surface area contributed by atoms with E-state index in [-0.39, 0.29) is 0 Å². The van der Waals surface area contributed by atoms with Crippen molar-refractivity contribution >= 4 is 17.6 Å². The number of nitrogens with two attached hydrogens (primary N) is 1. The van der Waals surface area contributed by atoms with Crippen molar-refractivity contribution in [3.8, 4) is 5.75 Å². The van der Waals surface area contributed by atoms with Crippen LogP contribution in [0.5, 0.6) is 5.75 Å². The highest BCUT2D eigenvalue weighted by Gasteiger charge is 2.27. The van der Waals surface area contributed by atoms with E-state index >= 15 is 0 Å². The predicted molar refractivity (Wildman–Crippen MR) is 65.4 cm³/mol. The normalized spacial score (nSPS) is 14.1. The number of hydrogen-bond acceptors (Lipinski definition) is 4. The molecule has 0 saturated carbocycles. The lowest BCUT2D eigenvalue weighted by Crippen LogP contribution is -2.43. The van der Waals surface area contributed by atoms with E-state index in [1.807, 2.05) is 0 Å². The van der Waals surface area contributed by atoms with Crippen molar-refractivity contribution in [3.05, 3.63) is 28.8 Å². The van der Waals surface area contributed by atoms with Gasteiger partial charge in [0.25, 0.3) is 0 Å². The minimum atomic E-state index is -1.03. The van der Waals surface area contributed by atoms with Gasteiger partial charge in [0.2, 0.25) is 0 Å². The highest BCUT2D eigenvalue weighted by Crippen LogP contribution is 2.28. The number of carbonyl (C=O) groups is 1. The molecule has 6 heteroatoms. The second kappa shape index (κ2) is 5.86. The van der Waals surface area contributed by atoms with Crippen LogP contribution in [0.2, 0.25) is 5.02 Å². The number of aliphatic carboxylic acids is 1. The molecule has 0 heterocycles. The summed E-state index contributed by atoms with van der Waals surface area (Å²) in [5.74, 6) is -0.509. The summed E-state index contributed by atoms with van der Waals surface area (Å²) in [5, 5.41) is 12.2. The Morgan fingerprint density at radius 3 is 2.71 bits per heavy atom. The molecule has 2 unspecified atom stereocenters. The summed E-state index contributed by atoms with van der Waals surface area (Å²) in [7, 11) is 3.03. The van der Waals surface area contributed by atoms with Gasteiger partial charge in [-0.1, -0.05) is 11.6 Å². The summed E-state index contributed by atoms with van der Waals surface area (Å²) in [5.41, 5.74) is 6.47. The lowest BCUT2D eigenvalue weighted by molar-refractivity contribution is -0.139. The molecule has 0 amide bonds. The minimum Gasteiger partial charge on any atom is -0.496 e. The fourth-order valence-corrected chi connectivity index (χ4v) is 1.78. The summed E-state index contributed by atoms with van der Waals surface area (Å²) in [6.07, 6.45) is 0. The van der Waals surface area contributed by atoms with E-state index in [2.05, 4.69) is 5.32 Å². The van der Waals surface area contributed by atoms with Gasteiger partial charge in [-0.05, 0) is 25.2 Å². The first kappa shape index (κ1) is 13.8. The van der Waals surface area contributed by atoms with Crippen LogP contribution in [0.15, 0.2) is 18.2 Å². The van der Waals surface area contributed by atoms with Gasteiger partial charge >= 0.3 is 5.97 Å². The molecule has 0 aliphatic rings. The summed E-state index contributed by atoms with van der Waals surface area (Å²) in [6.45, 7) is 0. The predicted octanol–water partition coefficient (Wildman–Crippen LogP) is 1.02. The molecular formula is C11H15ClN2O3.